The molecule has 0 saturated heterocycles. The van der Waals surface area contributed by atoms with Crippen LogP contribution < -0.4 is 5.32 Å². The number of hydrogen-bond donors (Lipinski definition) is 1. The number of rotatable bonds is 4. The van der Waals surface area contributed by atoms with Gasteiger partial charge in [-0.1, -0.05) is 38.0 Å². The Morgan fingerprint density at radius 2 is 1.71 bits per heavy atom. The van der Waals surface area contributed by atoms with Crippen LogP contribution >= 0.6 is 0 Å². The summed E-state index contributed by atoms with van der Waals surface area (Å²) in [5.74, 6) is 0.719. The van der Waals surface area contributed by atoms with Crippen LogP contribution in [0.5, 0.6) is 0 Å². The summed E-state index contributed by atoms with van der Waals surface area (Å²) in [7, 11) is 0. The highest BCUT2D eigenvalue weighted by molar-refractivity contribution is 5.45. The van der Waals surface area contributed by atoms with E-state index in [-0.39, 0.29) is 0 Å². The average molecular weight is 191 g/mol. The Morgan fingerprint density at radius 3 is 2.21 bits per heavy atom. The van der Waals surface area contributed by atoms with Crippen molar-refractivity contribution in [2.24, 2.45) is 5.92 Å². The van der Waals surface area contributed by atoms with E-state index in [4.69, 9.17) is 0 Å². The first kappa shape index (κ1) is 11.1. The number of aryl methyl sites for hydroxylation is 1. The second-order valence-electron chi connectivity index (χ2n) is 4.18. The minimum absolute atomic E-state index is 0.544. The van der Waals surface area contributed by atoms with Crippen LogP contribution in [0.1, 0.15) is 32.8 Å². The van der Waals surface area contributed by atoms with Crippen molar-refractivity contribution in [1.82, 2.24) is 0 Å². The van der Waals surface area contributed by atoms with E-state index in [2.05, 4.69) is 57.3 Å². The summed E-state index contributed by atoms with van der Waals surface area (Å²) in [6.45, 7) is 8.87. The van der Waals surface area contributed by atoms with Gasteiger partial charge in [-0.2, -0.15) is 0 Å². The third-order valence-corrected chi connectivity index (χ3v) is 2.94. The van der Waals surface area contributed by atoms with Gasteiger partial charge in [0.25, 0.3) is 0 Å². The van der Waals surface area contributed by atoms with Gasteiger partial charge in [0.15, 0.2) is 0 Å². The quantitative estimate of drug-likeness (QED) is 0.762. The van der Waals surface area contributed by atoms with E-state index in [1.807, 2.05) is 0 Å². The normalized spacial score (nSPS) is 14.9. The molecule has 1 nitrogen and oxygen atoms in total. The Hall–Kier alpha value is -0.980. The lowest BCUT2D eigenvalue weighted by atomic mass is 10.0. The van der Waals surface area contributed by atoms with Gasteiger partial charge in [0.2, 0.25) is 0 Å². The molecule has 1 heteroatoms. The predicted octanol–water partition coefficient (Wildman–Crippen LogP) is 3.84. The van der Waals surface area contributed by atoms with E-state index in [1.165, 1.54) is 17.7 Å². The molecule has 0 heterocycles. The summed E-state index contributed by atoms with van der Waals surface area (Å²) in [6, 6.07) is 9.13. The molecule has 0 fully saturated rings. The van der Waals surface area contributed by atoms with Gasteiger partial charge < -0.3 is 5.32 Å². The van der Waals surface area contributed by atoms with Gasteiger partial charge in [0, 0.05) is 11.7 Å². The van der Waals surface area contributed by atoms with Crippen molar-refractivity contribution in [3.63, 3.8) is 0 Å². The molecule has 0 bridgehead atoms. The van der Waals surface area contributed by atoms with E-state index in [1.54, 1.807) is 0 Å². The molecule has 78 valence electrons. The van der Waals surface area contributed by atoms with Crippen molar-refractivity contribution >= 4 is 5.69 Å². The lowest BCUT2D eigenvalue weighted by Gasteiger charge is -2.21. The molecule has 1 aromatic rings. The maximum Gasteiger partial charge on any atom is 0.0342 e. The maximum absolute atomic E-state index is 3.52. The van der Waals surface area contributed by atoms with Crippen molar-refractivity contribution in [3.05, 3.63) is 29.8 Å². The largest absolute Gasteiger partial charge is 0.382 e. The summed E-state index contributed by atoms with van der Waals surface area (Å²) in [4.78, 5) is 0. The molecule has 14 heavy (non-hydrogen) atoms. The van der Waals surface area contributed by atoms with Crippen molar-refractivity contribution in [2.45, 2.75) is 40.2 Å². The van der Waals surface area contributed by atoms with E-state index < -0.39 is 0 Å². The van der Waals surface area contributed by atoms with Gasteiger partial charge in [0.1, 0.15) is 0 Å². The molecule has 0 aliphatic carbocycles. The van der Waals surface area contributed by atoms with Crippen LogP contribution in [-0.2, 0) is 0 Å². The topological polar surface area (TPSA) is 12.0 Å². The molecule has 1 aromatic carbocycles. The third-order valence-electron chi connectivity index (χ3n) is 2.94. The monoisotopic (exact) mass is 191 g/mol. The molecule has 1 N–H and O–H groups in total. The fourth-order valence-corrected chi connectivity index (χ4v) is 1.41. The highest BCUT2D eigenvalue weighted by atomic mass is 14.9. The lowest BCUT2D eigenvalue weighted by molar-refractivity contribution is 0.494. The van der Waals surface area contributed by atoms with Crippen LogP contribution in [0.4, 0.5) is 5.69 Å². The SMILES string of the molecule is CC[C@@H](C)[C@H](C)Nc1ccc(C)cc1. The standard InChI is InChI=1S/C13H21N/c1-5-11(3)12(4)14-13-8-6-10(2)7-9-13/h6-9,11-12,14H,5H2,1-4H3/t11-,12+/m1/s1. The Morgan fingerprint density at radius 1 is 1.14 bits per heavy atom. The molecule has 0 aliphatic rings. The summed E-state index contributed by atoms with van der Waals surface area (Å²) >= 11 is 0. The van der Waals surface area contributed by atoms with Crippen LogP contribution in [0.3, 0.4) is 0 Å². The van der Waals surface area contributed by atoms with Crippen LogP contribution in [-0.4, -0.2) is 6.04 Å². The zero-order valence-electron chi connectivity index (χ0n) is 9.67. The number of nitrogens with one attached hydrogen (secondary N) is 1. The van der Waals surface area contributed by atoms with E-state index in [9.17, 15) is 0 Å². The second kappa shape index (κ2) is 5.04. The zero-order chi connectivity index (χ0) is 10.6. The van der Waals surface area contributed by atoms with E-state index >= 15 is 0 Å². The van der Waals surface area contributed by atoms with Crippen LogP contribution in [0.2, 0.25) is 0 Å². The molecule has 0 unspecified atom stereocenters. The number of anilines is 1. The molecular formula is C13H21N. The summed E-state index contributed by atoms with van der Waals surface area (Å²) in [5.41, 5.74) is 2.54. The van der Waals surface area contributed by atoms with Crippen molar-refractivity contribution < 1.29 is 0 Å². The molecule has 0 amide bonds. The molecule has 0 saturated carbocycles. The van der Waals surface area contributed by atoms with Gasteiger partial charge in [-0.15, -0.1) is 0 Å². The second-order valence-corrected chi connectivity index (χ2v) is 4.18. The fourth-order valence-electron chi connectivity index (χ4n) is 1.41. The first-order valence-corrected chi connectivity index (χ1v) is 5.46. The molecule has 0 aliphatic heterocycles. The molecule has 1 rings (SSSR count). The molecule has 0 aromatic heterocycles. The highest BCUT2D eigenvalue weighted by Crippen LogP contribution is 2.15. The molecule has 2 atom stereocenters. The Balaban J connectivity index is 2.56. The smallest absolute Gasteiger partial charge is 0.0342 e. The summed E-state index contributed by atoms with van der Waals surface area (Å²) in [5, 5.41) is 3.52. The minimum atomic E-state index is 0.544. The van der Waals surface area contributed by atoms with Crippen LogP contribution in [0.25, 0.3) is 0 Å². The molecular weight excluding hydrogens is 170 g/mol. The first-order chi connectivity index (χ1) is 6.63. The van der Waals surface area contributed by atoms with Gasteiger partial charge in [-0.05, 0) is 31.9 Å². The van der Waals surface area contributed by atoms with E-state index in [0.29, 0.717) is 6.04 Å². The van der Waals surface area contributed by atoms with Crippen molar-refractivity contribution in [2.75, 3.05) is 5.32 Å². The Labute approximate surface area is 87.5 Å². The molecule has 0 radical (unpaired) electrons. The van der Waals surface area contributed by atoms with Gasteiger partial charge >= 0.3 is 0 Å². The fraction of sp³-hybridized carbons (Fsp3) is 0.538. The highest BCUT2D eigenvalue weighted by Gasteiger charge is 2.08. The van der Waals surface area contributed by atoms with Crippen LogP contribution in [0.15, 0.2) is 24.3 Å². The zero-order valence-corrected chi connectivity index (χ0v) is 9.67. The molecule has 0 spiro atoms. The maximum atomic E-state index is 3.52. The minimum Gasteiger partial charge on any atom is -0.382 e. The first-order valence-electron chi connectivity index (χ1n) is 5.46. The van der Waals surface area contributed by atoms with Gasteiger partial charge in [-0.3, -0.25) is 0 Å². The Bertz CT molecular complexity index is 263. The van der Waals surface area contributed by atoms with Gasteiger partial charge in [-0.25, -0.2) is 0 Å². The predicted molar refractivity (Wildman–Crippen MR) is 63.7 cm³/mol. The summed E-state index contributed by atoms with van der Waals surface area (Å²) < 4.78 is 0. The Kier molecular flexibility index (Phi) is 3.99. The summed E-state index contributed by atoms with van der Waals surface area (Å²) in [6.07, 6.45) is 1.22. The van der Waals surface area contributed by atoms with Crippen molar-refractivity contribution in [1.29, 1.82) is 0 Å². The third kappa shape index (κ3) is 3.06. The van der Waals surface area contributed by atoms with Crippen molar-refractivity contribution in [3.8, 4) is 0 Å². The number of hydrogen-bond acceptors (Lipinski definition) is 1. The van der Waals surface area contributed by atoms with Crippen LogP contribution in [0, 0.1) is 12.8 Å². The van der Waals surface area contributed by atoms with Gasteiger partial charge in [0.05, 0.1) is 0 Å². The lowest BCUT2D eigenvalue weighted by Crippen LogP contribution is -2.23. The average Bonchev–Trinajstić information content (AvgIpc) is 2.20. The van der Waals surface area contributed by atoms with E-state index in [0.717, 1.165) is 5.92 Å². The number of benzene rings is 1.